The number of hydrogen-bond donors (Lipinski definition) is 0. The Morgan fingerprint density at radius 3 is 2.17 bits per heavy atom. The van der Waals surface area contributed by atoms with Crippen molar-refractivity contribution < 1.29 is 18.8 Å². The average Bonchev–Trinajstić information content (AvgIpc) is 2.62. The minimum absolute atomic E-state index is 0.0524. The predicted molar refractivity (Wildman–Crippen MR) is 98.7 cm³/mol. The molecule has 0 bridgehead atoms. The van der Waals surface area contributed by atoms with Gasteiger partial charge in [-0.15, -0.1) is 0 Å². The minimum atomic E-state index is -1.94. The molecule has 0 N–H and O–H groups in total. The van der Waals surface area contributed by atoms with Gasteiger partial charge in [0.05, 0.1) is 12.1 Å². The molecule has 0 spiro atoms. The van der Waals surface area contributed by atoms with Gasteiger partial charge in [-0.05, 0) is 52.2 Å². The Hall–Kier alpha value is -0.883. The number of hydrogen-bond acceptors (Lipinski definition) is 4. The van der Waals surface area contributed by atoms with Gasteiger partial charge in [-0.3, -0.25) is 4.90 Å². The summed E-state index contributed by atoms with van der Waals surface area (Å²) >= 11 is 0. The summed E-state index contributed by atoms with van der Waals surface area (Å²) in [6.07, 6.45) is 1.47. The third-order valence-electron chi connectivity index (χ3n) is 5.10. The van der Waals surface area contributed by atoms with Gasteiger partial charge < -0.3 is 14.0 Å². The molecule has 1 saturated heterocycles. The van der Waals surface area contributed by atoms with Crippen molar-refractivity contribution in [2.75, 3.05) is 0 Å². The summed E-state index contributed by atoms with van der Waals surface area (Å²) in [7, 11) is -1.94. The molecule has 0 aliphatic carbocycles. The zero-order valence-corrected chi connectivity index (χ0v) is 17.8. The molecule has 0 aromatic carbocycles. The Balaban J connectivity index is 2.97. The van der Waals surface area contributed by atoms with Crippen LogP contribution in [-0.2, 0) is 14.0 Å². The van der Waals surface area contributed by atoms with Crippen LogP contribution in [0.15, 0.2) is 0 Å². The topological polar surface area (TPSA) is 55.8 Å². The van der Waals surface area contributed by atoms with E-state index in [9.17, 15) is 9.59 Å². The first kappa shape index (κ1) is 21.2. The van der Waals surface area contributed by atoms with Gasteiger partial charge in [-0.1, -0.05) is 20.8 Å². The Bertz CT molecular complexity index is 465. The van der Waals surface area contributed by atoms with Gasteiger partial charge in [0.25, 0.3) is 0 Å². The first-order valence-electron chi connectivity index (χ1n) is 8.82. The fourth-order valence-electron chi connectivity index (χ4n) is 2.74. The van der Waals surface area contributed by atoms with Crippen molar-refractivity contribution in [3.8, 4) is 0 Å². The molecule has 140 valence electrons. The van der Waals surface area contributed by atoms with Crippen molar-refractivity contribution in [2.24, 2.45) is 0 Å². The highest BCUT2D eigenvalue weighted by atomic mass is 28.4. The first-order valence-corrected chi connectivity index (χ1v) is 11.7. The molecule has 0 unspecified atom stereocenters. The van der Waals surface area contributed by atoms with Crippen molar-refractivity contribution in [2.45, 2.75) is 103 Å². The maximum Gasteiger partial charge on any atom is 0.410 e. The standard InChI is InChI=1S/C18H35NO4Si/c1-13-15(23-24(8,9)18(5,6)7)12-14(10-11-20)19(13)16(21)22-17(2,3)4/h11,13-15H,10,12H2,1-9H3/t13-,14-,15-/m1/s1. The minimum Gasteiger partial charge on any atom is -0.444 e. The van der Waals surface area contributed by atoms with Crippen molar-refractivity contribution in [1.29, 1.82) is 0 Å². The molecule has 1 fully saturated rings. The molecule has 0 aromatic heterocycles. The number of aldehydes is 1. The van der Waals surface area contributed by atoms with Crippen LogP contribution in [0.2, 0.25) is 18.1 Å². The lowest BCUT2D eigenvalue weighted by atomic mass is 10.1. The number of amides is 1. The van der Waals surface area contributed by atoms with Crippen LogP contribution in [0.25, 0.3) is 0 Å². The number of carbonyl (C=O) groups excluding carboxylic acids is 2. The van der Waals surface area contributed by atoms with Crippen LogP contribution in [0.4, 0.5) is 4.79 Å². The molecule has 24 heavy (non-hydrogen) atoms. The zero-order valence-electron chi connectivity index (χ0n) is 16.8. The van der Waals surface area contributed by atoms with Crippen LogP contribution in [0.3, 0.4) is 0 Å². The number of ether oxygens (including phenoxy) is 1. The van der Waals surface area contributed by atoms with E-state index in [4.69, 9.17) is 9.16 Å². The van der Waals surface area contributed by atoms with Crippen molar-refractivity contribution in [3.63, 3.8) is 0 Å². The highest BCUT2D eigenvalue weighted by Crippen LogP contribution is 2.40. The third-order valence-corrected chi connectivity index (χ3v) is 9.60. The molecule has 1 rings (SSSR count). The fraction of sp³-hybridized carbons (Fsp3) is 0.889. The van der Waals surface area contributed by atoms with E-state index in [0.717, 1.165) is 6.29 Å². The molecule has 1 aliphatic rings. The van der Waals surface area contributed by atoms with E-state index < -0.39 is 13.9 Å². The molecule has 6 heteroatoms. The smallest absolute Gasteiger partial charge is 0.410 e. The monoisotopic (exact) mass is 357 g/mol. The summed E-state index contributed by atoms with van der Waals surface area (Å²) in [4.78, 5) is 25.4. The highest BCUT2D eigenvalue weighted by Gasteiger charge is 2.47. The number of rotatable bonds is 4. The second kappa shape index (κ2) is 7.16. The second-order valence-electron chi connectivity index (χ2n) is 9.34. The summed E-state index contributed by atoms with van der Waals surface area (Å²) < 4.78 is 12.1. The van der Waals surface area contributed by atoms with E-state index in [1.807, 2.05) is 27.7 Å². The molecule has 0 aromatic rings. The van der Waals surface area contributed by atoms with Crippen LogP contribution in [0, 0.1) is 0 Å². The Labute approximate surface area is 148 Å². The molecule has 0 saturated carbocycles. The van der Waals surface area contributed by atoms with Gasteiger partial charge in [0.1, 0.15) is 11.9 Å². The number of nitrogens with zero attached hydrogens (tertiary/aromatic N) is 1. The van der Waals surface area contributed by atoms with E-state index in [0.29, 0.717) is 12.8 Å². The molecular formula is C18H35NO4Si. The van der Waals surface area contributed by atoms with Gasteiger partial charge in [0.15, 0.2) is 8.32 Å². The lowest BCUT2D eigenvalue weighted by Crippen LogP contribution is -2.48. The third kappa shape index (κ3) is 5.05. The molecular weight excluding hydrogens is 322 g/mol. The van der Waals surface area contributed by atoms with Gasteiger partial charge >= 0.3 is 6.09 Å². The van der Waals surface area contributed by atoms with Crippen molar-refractivity contribution in [3.05, 3.63) is 0 Å². The lowest BCUT2D eigenvalue weighted by Gasteiger charge is -2.39. The maximum atomic E-state index is 12.6. The highest BCUT2D eigenvalue weighted by molar-refractivity contribution is 6.74. The van der Waals surface area contributed by atoms with E-state index >= 15 is 0 Å². The summed E-state index contributed by atoms with van der Waals surface area (Å²) in [6.45, 7) is 18.6. The fourth-order valence-corrected chi connectivity index (χ4v) is 4.15. The Morgan fingerprint density at radius 2 is 1.75 bits per heavy atom. The summed E-state index contributed by atoms with van der Waals surface area (Å²) in [5, 5.41) is 0.103. The van der Waals surface area contributed by atoms with E-state index in [1.54, 1.807) is 4.90 Å². The first-order chi connectivity index (χ1) is 10.7. The summed E-state index contributed by atoms with van der Waals surface area (Å²) in [5.41, 5.74) is -0.555. The van der Waals surface area contributed by atoms with Crippen LogP contribution in [-0.4, -0.2) is 49.4 Å². The van der Waals surface area contributed by atoms with Crippen LogP contribution < -0.4 is 0 Å². The Kier molecular flexibility index (Phi) is 6.31. The molecule has 3 atom stereocenters. The molecule has 1 heterocycles. The number of likely N-dealkylation sites (tertiary alicyclic amines) is 1. The van der Waals surface area contributed by atoms with E-state index in [2.05, 4.69) is 33.9 Å². The molecule has 5 nitrogen and oxygen atoms in total. The largest absolute Gasteiger partial charge is 0.444 e. The summed E-state index contributed by atoms with van der Waals surface area (Å²) in [6, 6.07) is -0.249. The van der Waals surface area contributed by atoms with Gasteiger partial charge in [-0.25, -0.2) is 4.79 Å². The SMILES string of the molecule is C[C@@H]1[C@H](O[Si](C)(C)C(C)(C)C)C[C@@H](CC=O)N1C(=O)OC(C)(C)C. The van der Waals surface area contributed by atoms with Gasteiger partial charge in [-0.2, -0.15) is 0 Å². The van der Waals surface area contributed by atoms with E-state index in [1.165, 1.54) is 0 Å². The lowest BCUT2D eigenvalue weighted by molar-refractivity contribution is -0.108. The van der Waals surface area contributed by atoms with Crippen LogP contribution in [0.5, 0.6) is 0 Å². The van der Waals surface area contributed by atoms with Gasteiger partial charge in [0, 0.05) is 12.5 Å². The van der Waals surface area contributed by atoms with Crippen LogP contribution >= 0.6 is 0 Å². The predicted octanol–water partition coefficient (Wildman–Crippen LogP) is 4.36. The molecule has 0 radical (unpaired) electrons. The molecule has 1 aliphatic heterocycles. The second-order valence-corrected chi connectivity index (χ2v) is 14.1. The van der Waals surface area contributed by atoms with Crippen molar-refractivity contribution >= 4 is 20.7 Å². The Morgan fingerprint density at radius 1 is 1.21 bits per heavy atom. The van der Waals surface area contributed by atoms with Crippen LogP contribution in [0.1, 0.15) is 61.3 Å². The average molecular weight is 358 g/mol. The quantitative estimate of drug-likeness (QED) is 0.554. The number of carbonyl (C=O) groups is 2. The summed E-state index contributed by atoms with van der Waals surface area (Å²) in [5.74, 6) is 0. The van der Waals surface area contributed by atoms with E-state index in [-0.39, 0.29) is 29.3 Å². The van der Waals surface area contributed by atoms with Gasteiger partial charge in [0.2, 0.25) is 0 Å². The van der Waals surface area contributed by atoms with Crippen molar-refractivity contribution in [1.82, 2.24) is 4.90 Å². The zero-order chi connectivity index (χ0) is 18.9. The maximum absolute atomic E-state index is 12.6. The normalized spacial score (nSPS) is 25.7. The molecule has 1 amide bonds.